The molecule has 0 unspecified atom stereocenters. The van der Waals surface area contributed by atoms with E-state index in [4.69, 9.17) is 4.74 Å². The largest absolute Gasteiger partial charge is 0.486 e. The van der Waals surface area contributed by atoms with Crippen LogP contribution in [0.4, 0.5) is 0 Å². The summed E-state index contributed by atoms with van der Waals surface area (Å²) in [7, 11) is 0. The first-order valence-corrected chi connectivity index (χ1v) is 8.06. The van der Waals surface area contributed by atoms with Crippen LogP contribution in [0.5, 0.6) is 5.75 Å². The molecular formula is C15H20BrN3O. The molecule has 0 aromatic carbocycles. The SMILES string of the molecule is CCC(CC)n1ccc(COc2ccc(CBr)nc2)n1. The van der Waals surface area contributed by atoms with Gasteiger partial charge in [0.05, 0.1) is 23.6 Å². The second-order valence-electron chi connectivity index (χ2n) is 4.66. The van der Waals surface area contributed by atoms with E-state index < -0.39 is 0 Å². The minimum Gasteiger partial charge on any atom is -0.486 e. The van der Waals surface area contributed by atoms with Gasteiger partial charge in [-0.1, -0.05) is 29.8 Å². The van der Waals surface area contributed by atoms with Crippen molar-refractivity contribution >= 4 is 15.9 Å². The zero-order valence-corrected chi connectivity index (χ0v) is 13.5. The third kappa shape index (κ3) is 3.82. The third-order valence-corrected chi connectivity index (χ3v) is 3.88. The van der Waals surface area contributed by atoms with Gasteiger partial charge in [-0.3, -0.25) is 9.67 Å². The van der Waals surface area contributed by atoms with Gasteiger partial charge < -0.3 is 4.74 Å². The quantitative estimate of drug-likeness (QED) is 0.713. The fourth-order valence-electron chi connectivity index (χ4n) is 2.05. The summed E-state index contributed by atoms with van der Waals surface area (Å²) in [5.74, 6) is 0.770. The van der Waals surface area contributed by atoms with Gasteiger partial charge in [0.2, 0.25) is 0 Å². The highest BCUT2D eigenvalue weighted by molar-refractivity contribution is 9.08. The summed E-state index contributed by atoms with van der Waals surface area (Å²) >= 11 is 3.37. The van der Waals surface area contributed by atoms with Crippen LogP contribution in [0.15, 0.2) is 30.6 Å². The van der Waals surface area contributed by atoms with Crippen molar-refractivity contribution in [1.29, 1.82) is 0 Å². The Balaban J connectivity index is 1.93. The first-order chi connectivity index (χ1) is 9.76. The summed E-state index contributed by atoms with van der Waals surface area (Å²) in [6.45, 7) is 4.84. The summed E-state index contributed by atoms with van der Waals surface area (Å²) in [4.78, 5) is 4.27. The van der Waals surface area contributed by atoms with Gasteiger partial charge in [-0.2, -0.15) is 5.10 Å². The Morgan fingerprint density at radius 2 is 2.00 bits per heavy atom. The standard InChI is InChI=1S/C15H20BrN3O/c1-3-14(4-2)19-8-7-13(18-19)11-20-15-6-5-12(9-16)17-10-15/h5-8,10,14H,3-4,9,11H2,1-2H3. The van der Waals surface area contributed by atoms with Gasteiger partial charge in [-0.15, -0.1) is 0 Å². The minimum absolute atomic E-state index is 0.475. The van der Waals surface area contributed by atoms with Gasteiger partial charge in [-0.05, 0) is 31.0 Å². The molecule has 2 heterocycles. The molecule has 0 bridgehead atoms. The maximum Gasteiger partial charge on any atom is 0.138 e. The molecule has 5 heteroatoms. The first-order valence-electron chi connectivity index (χ1n) is 6.94. The number of nitrogens with zero attached hydrogens (tertiary/aromatic N) is 3. The monoisotopic (exact) mass is 337 g/mol. The molecule has 0 saturated carbocycles. The van der Waals surface area contributed by atoms with Crippen molar-refractivity contribution in [2.45, 2.75) is 44.7 Å². The maximum absolute atomic E-state index is 5.70. The van der Waals surface area contributed by atoms with Crippen LogP contribution < -0.4 is 4.74 Å². The molecule has 4 nitrogen and oxygen atoms in total. The van der Waals surface area contributed by atoms with Crippen LogP contribution in [0.1, 0.15) is 44.1 Å². The lowest BCUT2D eigenvalue weighted by molar-refractivity contribution is 0.296. The van der Waals surface area contributed by atoms with Gasteiger partial charge in [0, 0.05) is 11.5 Å². The van der Waals surface area contributed by atoms with Crippen molar-refractivity contribution in [3.63, 3.8) is 0 Å². The van der Waals surface area contributed by atoms with Gasteiger partial charge in [0.15, 0.2) is 0 Å². The normalized spacial score (nSPS) is 11.0. The molecule has 0 aliphatic rings. The molecule has 0 N–H and O–H groups in total. The van der Waals surface area contributed by atoms with E-state index in [1.807, 2.05) is 29.1 Å². The fourth-order valence-corrected chi connectivity index (χ4v) is 2.38. The topological polar surface area (TPSA) is 39.9 Å². The molecule has 0 fully saturated rings. The zero-order valence-electron chi connectivity index (χ0n) is 11.9. The van der Waals surface area contributed by atoms with Crippen LogP contribution in [0, 0.1) is 0 Å². The highest BCUT2D eigenvalue weighted by Crippen LogP contribution is 2.16. The predicted octanol–water partition coefficient (Wildman–Crippen LogP) is 4.11. The van der Waals surface area contributed by atoms with Crippen molar-refractivity contribution in [2.24, 2.45) is 0 Å². The van der Waals surface area contributed by atoms with Crippen molar-refractivity contribution < 1.29 is 4.74 Å². The van der Waals surface area contributed by atoms with E-state index in [0.29, 0.717) is 12.6 Å². The summed E-state index contributed by atoms with van der Waals surface area (Å²) in [5.41, 5.74) is 1.94. The molecule has 0 atom stereocenters. The van der Waals surface area contributed by atoms with E-state index in [0.717, 1.165) is 35.3 Å². The number of hydrogen-bond acceptors (Lipinski definition) is 3. The number of hydrogen-bond donors (Lipinski definition) is 0. The van der Waals surface area contributed by atoms with Crippen LogP contribution in [-0.2, 0) is 11.9 Å². The van der Waals surface area contributed by atoms with Crippen LogP contribution in [-0.4, -0.2) is 14.8 Å². The Hall–Kier alpha value is -1.36. The number of pyridine rings is 1. The molecule has 0 radical (unpaired) electrons. The molecule has 0 spiro atoms. The highest BCUT2D eigenvalue weighted by atomic mass is 79.9. The molecule has 0 aliphatic heterocycles. The van der Waals surface area contributed by atoms with Crippen LogP contribution in [0.3, 0.4) is 0 Å². The number of aromatic nitrogens is 3. The first kappa shape index (κ1) is 15.0. The Labute approximate surface area is 128 Å². The van der Waals surface area contributed by atoms with Gasteiger partial charge in [-0.25, -0.2) is 0 Å². The second kappa shape index (κ2) is 7.43. The molecular weight excluding hydrogens is 318 g/mol. The Kier molecular flexibility index (Phi) is 5.59. The zero-order chi connectivity index (χ0) is 14.4. The van der Waals surface area contributed by atoms with Gasteiger partial charge in [0.25, 0.3) is 0 Å². The van der Waals surface area contributed by atoms with Crippen molar-refractivity contribution in [3.8, 4) is 5.75 Å². The smallest absolute Gasteiger partial charge is 0.138 e. The summed E-state index contributed by atoms with van der Waals surface area (Å²) in [6, 6.07) is 6.37. The summed E-state index contributed by atoms with van der Waals surface area (Å²) < 4.78 is 7.73. The molecule has 0 saturated heterocycles. The average Bonchev–Trinajstić information content (AvgIpc) is 2.96. The molecule has 0 aliphatic carbocycles. The third-order valence-electron chi connectivity index (χ3n) is 3.30. The molecule has 108 valence electrons. The lowest BCUT2D eigenvalue weighted by Crippen LogP contribution is -2.08. The lowest BCUT2D eigenvalue weighted by Gasteiger charge is -2.12. The molecule has 20 heavy (non-hydrogen) atoms. The minimum atomic E-state index is 0.475. The Morgan fingerprint density at radius 1 is 1.20 bits per heavy atom. The molecule has 2 aromatic heterocycles. The number of alkyl halides is 1. The van der Waals surface area contributed by atoms with E-state index in [9.17, 15) is 0 Å². The average molecular weight is 338 g/mol. The van der Waals surface area contributed by atoms with Crippen molar-refractivity contribution in [1.82, 2.24) is 14.8 Å². The van der Waals surface area contributed by atoms with Crippen LogP contribution >= 0.6 is 15.9 Å². The number of rotatable bonds is 7. The Bertz CT molecular complexity index is 520. The molecule has 2 aromatic rings. The van der Waals surface area contributed by atoms with E-state index in [2.05, 4.69) is 39.9 Å². The van der Waals surface area contributed by atoms with E-state index in [1.165, 1.54) is 0 Å². The second-order valence-corrected chi connectivity index (χ2v) is 5.23. The van der Waals surface area contributed by atoms with E-state index in [-0.39, 0.29) is 0 Å². The lowest BCUT2D eigenvalue weighted by atomic mass is 10.2. The van der Waals surface area contributed by atoms with Crippen molar-refractivity contribution in [3.05, 3.63) is 42.0 Å². The van der Waals surface area contributed by atoms with Crippen LogP contribution in [0.25, 0.3) is 0 Å². The number of halogens is 1. The van der Waals surface area contributed by atoms with Crippen LogP contribution in [0.2, 0.25) is 0 Å². The predicted molar refractivity (Wildman–Crippen MR) is 83.0 cm³/mol. The van der Waals surface area contributed by atoms with E-state index in [1.54, 1.807) is 6.20 Å². The van der Waals surface area contributed by atoms with Gasteiger partial charge in [0.1, 0.15) is 12.4 Å². The van der Waals surface area contributed by atoms with Gasteiger partial charge >= 0.3 is 0 Å². The highest BCUT2D eigenvalue weighted by Gasteiger charge is 2.08. The summed E-state index contributed by atoms with van der Waals surface area (Å²) in [5, 5.41) is 5.32. The van der Waals surface area contributed by atoms with Crippen molar-refractivity contribution in [2.75, 3.05) is 0 Å². The molecule has 0 amide bonds. The van der Waals surface area contributed by atoms with E-state index >= 15 is 0 Å². The maximum atomic E-state index is 5.70. The number of ether oxygens (including phenoxy) is 1. The Morgan fingerprint density at radius 3 is 2.60 bits per heavy atom. The summed E-state index contributed by atoms with van der Waals surface area (Å²) in [6.07, 6.45) is 5.96. The molecule has 2 rings (SSSR count). The fraction of sp³-hybridized carbons (Fsp3) is 0.467.